The van der Waals surface area contributed by atoms with Crippen LogP contribution in [0.1, 0.15) is 5.56 Å². The van der Waals surface area contributed by atoms with Crippen LogP contribution in [-0.4, -0.2) is 13.2 Å². The van der Waals surface area contributed by atoms with Crippen LogP contribution in [0.3, 0.4) is 0 Å². The Balaban J connectivity index is 2.63. The molecule has 0 radical (unpaired) electrons. The molecule has 0 unspecified atom stereocenters. The van der Waals surface area contributed by atoms with Gasteiger partial charge in [0.25, 0.3) is 0 Å². The van der Waals surface area contributed by atoms with Gasteiger partial charge in [-0.1, -0.05) is 29.8 Å². The molecule has 2 N–H and O–H groups in total. The molecule has 2 nitrogen and oxygen atoms in total. The Morgan fingerprint density at radius 3 is 2.86 bits per heavy atom. The first-order chi connectivity index (χ1) is 6.88. The van der Waals surface area contributed by atoms with E-state index in [0.29, 0.717) is 13.2 Å². The minimum Gasteiger partial charge on any atom is -0.489 e. The molecule has 0 aromatic heterocycles. The summed E-state index contributed by atoms with van der Waals surface area (Å²) in [5, 5.41) is 0. The van der Waals surface area contributed by atoms with Crippen LogP contribution in [0.5, 0.6) is 5.75 Å². The molecule has 0 aliphatic carbocycles. The van der Waals surface area contributed by atoms with E-state index in [2.05, 4.69) is 0 Å². The lowest BCUT2D eigenvalue weighted by Crippen LogP contribution is -2.05. The van der Waals surface area contributed by atoms with Crippen molar-refractivity contribution in [1.29, 1.82) is 0 Å². The Morgan fingerprint density at radius 1 is 1.36 bits per heavy atom. The van der Waals surface area contributed by atoms with Gasteiger partial charge in [0.05, 0.1) is 0 Å². The SMILES string of the molecule is NCCc1ccccc1OC/C=C/Cl. The third-order valence-electron chi connectivity index (χ3n) is 1.81. The van der Waals surface area contributed by atoms with Crippen LogP contribution in [0.25, 0.3) is 0 Å². The van der Waals surface area contributed by atoms with Crippen molar-refractivity contribution in [3.8, 4) is 5.75 Å². The predicted octanol–water partition coefficient (Wildman–Crippen LogP) is 2.32. The zero-order chi connectivity index (χ0) is 10.2. The van der Waals surface area contributed by atoms with Crippen molar-refractivity contribution in [3.05, 3.63) is 41.4 Å². The monoisotopic (exact) mass is 211 g/mol. The van der Waals surface area contributed by atoms with Gasteiger partial charge in [0, 0.05) is 5.54 Å². The molecule has 0 amide bonds. The fourth-order valence-corrected chi connectivity index (χ4v) is 1.25. The maximum absolute atomic E-state index is 5.50. The van der Waals surface area contributed by atoms with Crippen molar-refractivity contribution in [2.75, 3.05) is 13.2 Å². The van der Waals surface area contributed by atoms with Crippen molar-refractivity contribution in [2.45, 2.75) is 6.42 Å². The van der Waals surface area contributed by atoms with Gasteiger partial charge in [0.2, 0.25) is 0 Å². The number of halogens is 1. The summed E-state index contributed by atoms with van der Waals surface area (Å²) in [6, 6.07) is 7.88. The maximum atomic E-state index is 5.50. The molecular weight excluding hydrogens is 198 g/mol. The van der Waals surface area contributed by atoms with E-state index in [-0.39, 0.29) is 0 Å². The Labute approximate surface area is 89.3 Å². The molecule has 0 bridgehead atoms. The number of benzene rings is 1. The van der Waals surface area contributed by atoms with Gasteiger partial charge in [-0.2, -0.15) is 0 Å². The second-order valence-corrected chi connectivity index (χ2v) is 3.07. The lowest BCUT2D eigenvalue weighted by Gasteiger charge is -2.08. The van der Waals surface area contributed by atoms with Crippen molar-refractivity contribution in [3.63, 3.8) is 0 Å². The number of ether oxygens (including phenoxy) is 1. The van der Waals surface area contributed by atoms with Crippen molar-refractivity contribution >= 4 is 11.6 Å². The minimum atomic E-state index is 0.491. The number of nitrogens with two attached hydrogens (primary N) is 1. The Bertz CT molecular complexity index is 299. The predicted molar refractivity (Wildman–Crippen MR) is 59.7 cm³/mol. The molecule has 0 atom stereocenters. The van der Waals surface area contributed by atoms with Crippen LogP contribution in [-0.2, 0) is 6.42 Å². The zero-order valence-corrected chi connectivity index (χ0v) is 8.70. The van der Waals surface area contributed by atoms with Crippen LogP contribution in [0.2, 0.25) is 0 Å². The number of hydrogen-bond acceptors (Lipinski definition) is 2. The summed E-state index contributed by atoms with van der Waals surface area (Å²) in [5.41, 5.74) is 8.08. The van der Waals surface area contributed by atoms with E-state index in [1.807, 2.05) is 24.3 Å². The largest absolute Gasteiger partial charge is 0.489 e. The molecule has 1 aromatic carbocycles. The molecule has 0 heterocycles. The molecule has 1 aromatic rings. The highest BCUT2D eigenvalue weighted by molar-refractivity contribution is 6.25. The molecule has 0 saturated carbocycles. The molecule has 0 saturated heterocycles. The smallest absolute Gasteiger partial charge is 0.123 e. The number of hydrogen-bond donors (Lipinski definition) is 1. The van der Waals surface area contributed by atoms with Gasteiger partial charge in [-0.25, -0.2) is 0 Å². The first-order valence-corrected chi connectivity index (χ1v) is 4.98. The summed E-state index contributed by atoms with van der Waals surface area (Å²) in [5.74, 6) is 0.882. The molecule has 3 heteroatoms. The van der Waals surface area contributed by atoms with E-state index in [9.17, 15) is 0 Å². The van der Waals surface area contributed by atoms with E-state index in [1.165, 1.54) is 5.54 Å². The van der Waals surface area contributed by atoms with Gasteiger partial charge in [-0.05, 0) is 30.7 Å². The summed E-state index contributed by atoms with van der Waals surface area (Å²) >= 11 is 5.39. The maximum Gasteiger partial charge on any atom is 0.123 e. The summed E-state index contributed by atoms with van der Waals surface area (Å²) < 4.78 is 5.50. The standard InChI is InChI=1S/C11H14ClNO/c12-7-3-9-14-11-5-2-1-4-10(11)6-8-13/h1-5,7H,6,8-9,13H2/b7-3+. The molecular formula is C11H14ClNO. The normalized spacial score (nSPS) is 10.7. The third kappa shape index (κ3) is 3.40. The lowest BCUT2D eigenvalue weighted by molar-refractivity contribution is 0.359. The van der Waals surface area contributed by atoms with Gasteiger partial charge in [-0.3, -0.25) is 0 Å². The first kappa shape index (κ1) is 11.1. The van der Waals surface area contributed by atoms with Crippen LogP contribution in [0, 0.1) is 0 Å². The van der Waals surface area contributed by atoms with Gasteiger partial charge < -0.3 is 10.5 Å². The minimum absolute atomic E-state index is 0.491. The quantitative estimate of drug-likeness (QED) is 0.812. The van der Waals surface area contributed by atoms with Crippen LogP contribution in [0.4, 0.5) is 0 Å². The third-order valence-corrected chi connectivity index (χ3v) is 1.99. The first-order valence-electron chi connectivity index (χ1n) is 4.54. The second-order valence-electron chi connectivity index (χ2n) is 2.82. The Kier molecular flexibility index (Phi) is 5.12. The molecule has 14 heavy (non-hydrogen) atoms. The highest BCUT2D eigenvalue weighted by atomic mass is 35.5. The highest BCUT2D eigenvalue weighted by Crippen LogP contribution is 2.17. The van der Waals surface area contributed by atoms with Gasteiger partial charge >= 0.3 is 0 Å². The second kappa shape index (κ2) is 6.46. The van der Waals surface area contributed by atoms with Gasteiger partial charge in [0.15, 0.2) is 0 Å². The number of rotatable bonds is 5. The molecule has 0 spiro atoms. The molecule has 0 fully saturated rings. The van der Waals surface area contributed by atoms with E-state index in [0.717, 1.165) is 17.7 Å². The molecule has 76 valence electrons. The summed E-state index contributed by atoms with van der Waals surface area (Å²) in [6.45, 7) is 1.12. The summed E-state index contributed by atoms with van der Waals surface area (Å²) in [7, 11) is 0. The molecule has 0 aliphatic rings. The molecule has 0 aliphatic heterocycles. The lowest BCUT2D eigenvalue weighted by atomic mass is 10.1. The summed E-state index contributed by atoms with van der Waals surface area (Å²) in [4.78, 5) is 0. The fourth-order valence-electron chi connectivity index (χ4n) is 1.18. The number of para-hydroxylation sites is 1. The average molecular weight is 212 g/mol. The van der Waals surface area contributed by atoms with E-state index in [4.69, 9.17) is 22.1 Å². The van der Waals surface area contributed by atoms with Crippen molar-refractivity contribution in [2.24, 2.45) is 5.73 Å². The van der Waals surface area contributed by atoms with Gasteiger partial charge in [-0.15, -0.1) is 0 Å². The summed E-state index contributed by atoms with van der Waals surface area (Å²) in [6.07, 6.45) is 2.58. The Hall–Kier alpha value is -0.990. The Morgan fingerprint density at radius 2 is 2.14 bits per heavy atom. The van der Waals surface area contributed by atoms with Crippen LogP contribution >= 0.6 is 11.6 Å². The molecule has 1 rings (SSSR count). The zero-order valence-electron chi connectivity index (χ0n) is 7.95. The highest BCUT2D eigenvalue weighted by Gasteiger charge is 1.99. The van der Waals surface area contributed by atoms with Crippen LogP contribution < -0.4 is 10.5 Å². The fraction of sp³-hybridized carbons (Fsp3) is 0.273. The van der Waals surface area contributed by atoms with Crippen molar-refractivity contribution in [1.82, 2.24) is 0 Å². The van der Waals surface area contributed by atoms with Gasteiger partial charge in [0.1, 0.15) is 12.4 Å². The van der Waals surface area contributed by atoms with Crippen molar-refractivity contribution < 1.29 is 4.74 Å². The topological polar surface area (TPSA) is 35.2 Å². The van der Waals surface area contributed by atoms with E-state index >= 15 is 0 Å². The van der Waals surface area contributed by atoms with E-state index < -0.39 is 0 Å². The average Bonchev–Trinajstić information content (AvgIpc) is 2.21. The van der Waals surface area contributed by atoms with E-state index in [1.54, 1.807) is 6.08 Å². The van der Waals surface area contributed by atoms with Crippen LogP contribution in [0.15, 0.2) is 35.9 Å².